The lowest BCUT2D eigenvalue weighted by Crippen LogP contribution is -2.49. The second kappa shape index (κ2) is 5.72. The van der Waals surface area contributed by atoms with E-state index >= 15 is 0 Å². The summed E-state index contributed by atoms with van der Waals surface area (Å²) in [5.41, 5.74) is 0. The largest absolute Gasteiger partial charge is 0.354 e. The van der Waals surface area contributed by atoms with E-state index in [1.165, 1.54) is 0 Å². The maximum Gasteiger partial charge on any atom is 0.238 e. The average Bonchev–Trinajstić information content (AvgIpc) is 2.17. The number of nitrogens with one attached hydrogen (secondary N) is 2. The van der Waals surface area contributed by atoms with E-state index in [1.807, 2.05) is 0 Å². The molecule has 15 heavy (non-hydrogen) atoms. The lowest BCUT2D eigenvalue weighted by Gasteiger charge is -2.22. The van der Waals surface area contributed by atoms with Crippen molar-refractivity contribution < 1.29 is 13.2 Å². The van der Waals surface area contributed by atoms with Gasteiger partial charge in [-0.3, -0.25) is 4.79 Å². The zero-order valence-corrected chi connectivity index (χ0v) is 10.3. The minimum Gasteiger partial charge on any atom is -0.354 e. The van der Waals surface area contributed by atoms with Gasteiger partial charge in [-0.2, -0.15) is 11.8 Å². The molecular formula is C8H16N2O3S2. The number of rotatable bonds is 4. The molecule has 1 atom stereocenters. The molecule has 2 N–H and O–H groups in total. The van der Waals surface area contributed by atoms with Gasteiger partial charge in [0, 0.05) is 30.9 Å². The first-order valence-corrected chi connectivity index (χ1v) is 7.97. The SMILES string of the molecule is CS(=O)(=O)CCNC(=O)C1CSCCN1. The van der Waals surface area contributed by atoms with Crippen LogP contribution in [0.15, 0.2) is 0 Å². The number of thioether (sulfide) groups is 1. The van der Waals surface area contributed by atoms with Gasteiger partial charge in [0.05, 0.1) is 11.8 Å². The fourth-order valence-corrected chi connectivity index (χ4v) is 2.62. The molecule has 0 aromatic rings. The van der Waals surface area contributed by atoms with Gasteiger partial charge in [-0.15, -0.1) is 0 Å². The molecule has 1 saturated heterocycles. The number of carbonyl (C=O) groups excluding carboxylic acids is 1. The van der Waals surface area contributed by atoms with E-state index in [2.05, 4.69) is 10.6 Å². The van der Waals surface area contributed by atoms with Gasteiger partial charge in [0.1, 0.15) is 9.84 Å². The predicted molar refractivity (Wildman–Crippen MR) is 61.8 cm³/mol. The van der Waals surface area contributed by atoms with Gasteiger partial charge in [-0.25, -0.2) is 8.42 Å². The lowest BCUT2D eigenvalue weighted by molar-refractivity contribution is -0.122. The molecule has 1 unspecified atom stereocenters. The van der Waals surface area contributed by atoms with Gasteiger partial charge in [-0.1, -0.05) is 0 Å². The van der Waals surface area contributed by atoms with Crippen molar-refractivity contribution in [3.8, 4) is 0 Å². The molecule has 5 nitrogen and oxygen atoms in total. The first-order chi connectivity index (χ1) is 6.99. The Labute approximate surface area is 94.3 Å². The van der Waals surface area contributed by atoms with Gasteiger partial charge in [0.15, 0.2) is 0 Å². The zero-order valence-electron chi connectivity index (χ0n) is 8.65. The van der Waals surface area contributed by atoms with Gasteiger partial charge < -0.3 is 10.6 Å². The van der Waals surface area contributed by atoms with Gasteiger partial charge in [0.2, 0.25) is 5.91 Å². The molecule has 0 bridgehead atoms. The van der Waals surface area contributed by atoms with Crippen molar-refractivity contribution in [2.24, 2.45) is 0 Å². The number of hydrogen-bond acceptors (Lipinski definition) is 5. The second-order valence-electron chi connectivity index (χ2n) is 3.50. The topological polar surface area (TPSA) is 75.3 Å². The fourth-order valence-electron chi connectivity index (χ4n) is 1.22. The summed E-state index contributed by atoms with van der Waals surface area (Å²) in [7, 11) is -2.99. The molecule has 1 aliphatic heterocycles. The highest BCUT2D eigenvalue weighted by Crippen LogP contribution is 2.07. The Morgan fingerprint density at radius 1 is 1.60 bits per heavy atom. The summed E-state index contributed by atoms with van der Waals surface area (Å²) >= 11 is 1.73. The molecule has 1 rings (SSSR count). The van der Waals surface area contributed by atoms with Crippen molar-refractivity contribution in [3.05, 3.63) is 0 Å². The van der Waals surface area contributed by atoms with Crippen LogP contribution >= 0.6 is 11.8 Å². The Balaban J connectivity index is 2.23. The normalized spacial score (nSPS) is 22.3. The van der Waals surface area contributed by atoms with Crippen LogP contribution < -0.4 is 10.6 Å². The van der Waals surface area contributed by atoms with Gasteiger partial charge >= 0.3 is 0 Å². The Bertz CT molecular complexity index is 310. The van der Waals surface area contributed by atoms with Crippen LogP contribution in [0.2, 0.25) is 0 Å². The Morgan fingerprint density at radius 2 is 2.33 bits per heavy atom. The molecule has 0 aromatic heterocycles. The van der Waals surface area contributed by atoms with E-state index in [1.54, 1.807) is 11.8 Å². The number of carbonyl (C=O) groups is 1. The summed E-state index contributed by atoms with van der Waals surface area (Å²) < 4.78 is 21.6. The highest BCUT2D eigenvalue weighted by Gasteiger charge is 2.20. The van der Waals surface area contributed by atoms with Crippen LogP contribution in [0.4, 0.5) is 0 Å². The van der Waals surface area contributed by atoms with Crippen molar-refractivity contribution in [1.82, 2.24) is 10.6 Å². The van der Waals surface area contributed by atoms with E-state index < -0.39 is 9.84 Å². The van der Waals surface area contributed by atoms with Crippen molar-refractivity contribution in [1.29, 1.82) is 0 Å². The third kappa shape index (κ3) is 5.39. The summed E-state index contributed by atoms with van der Waals surface area (Å²) in [6.45, 7) is 1.02. The van der Waals surface area contributed by atoms with E-state index in [0.717, 1.165) is 24.3 Å². The summed E-state index contributed by atoms with van der Waals surface area (Å²) in [5, 5.41) is 5.70. The van der Waals surface area contributed by atoms with Gasteiger partial charge in [0.25, 0.3) is 0 Å². The highest BCUT2D eigenvalue weighted by molar-refractivity contribution is 7.99. The molecule has 0 saturated carbocycles. The van der Waals surface area contributed by atoms with E-state index in [9.17, 15) is 13.2 Å². The van der Waals surface area contributed by atoms with Gasteiger partial charge in [-0.05, 0) is 0 Å². The molecule has 0 radical (unpaired) electrons. The average molecular weight is 252 g/mol. The van der Waals surface area contributed by atoms with Crippen LogP contribution in [0.25, 0.3) is 0 Å². The molecule has 1 heterocycles. The van der Waals surface area contributed by atoms with Crippen LogP contribution in [0.3, 0.4) is 0 Å². The predicted octanol–water partition coefficient (Wildman–Crippen LogP) is -1.15. The van der Waals surface area contributed by atoms with Crippen LogP contribution in [-0.4, -0.2) is 57.0 Å². The van der Waals surface area contributed by atoms with Crippen molar-refractivity contribution in [2.75, 3.05) is 36.6 Å². The van der Waals surface area contributed by atoms with E-state index in [0.29, 0.717) is 0 Å². The minimum atomic E-state index is -2.99. The third-order valence-electron chi connectivity index (χ3n) is 2.01. The molecular weight excluding hydrogens is 236 g/mol. The molecule has 0 aliphatic carbocycles. The van der Waals surface area contributed by atoms with Crippen molar-refractivity contribution in [3.63, 3.8) is 0 Å². The molecule has 1 aliphatic rings. The summed E-state index contributed by atoms with van der Waals surface area (Å²) in [5.74, 6) is 1.67. The van der Waals surface area contributed by atoms with Crippen LogP contribution in [-0.2, 0) is 14.6 Å². The van der Waals surface area contributed by atoms with Crippen LogP contribution in [0.5, 0.6) is 0 Å². The minimum absolute atomic E-state index is 0.00139. The Hall–Kier alpha value is -0.270. The summed E-state index contributed by atoms with van der Waals surface area (Å²) in [4.78, 5) is 11.5. The van der Waals surface area contributed by atoms with E-state index in [-0.39, 0.29) is 24.2 Å². The quantitative estimate of drug-likeness (QED) is 0.661. The monoisotopic (exact) mass is 252 g/mol. The fraction of sp³-hybridized carbons (Fsp3) is 0.875. The highest BCUT2D eigenvalue weighted by atomic mass is 32.2. The zero-order chi connectivity index (χ0) is 11.3. The number of amides is 1. The number of hydrogen-bond donors (Lipinski definition) is 2. The maximum atomic E-state index is 11.5. The van der Waals surface area contributed by atoms with Crippen LogP contribution in [0, 0.1) is 0 Å². The number of sulfone groups is 1. The smallest absolute Gasteiger partial charge is 0.238 e. The van der Waals surface area contributed by atoms with E-state index in [4.69, 9.17) is 0 Å². The maximum absolute atomic E-state index is 11.5. The molecule has 0 spiro atoms. The standard InChI is InChI=1S/C8H16N2O3S2/c1-15(12,13)5-3-10-8(11)7-6-14-4-2-9-7/h7,9H,2-6H2,1H3,(H,10,11). The lowest BCUT2D eigenvalue weighted by atomic mass is 10.3. The third-order valence-corrected chi connectivity index (χ3v) is 4.02. The Morgan fingerprint density at radius 3 is 2.87 bits per heavy atom. The van der Waals surface area contributed by atoms with Crippen molar-refractivity contribution in [2.45, 2.75) is 6.04 Å². The second-order valence-corrected chi connectivity index (χ2v) is 6.91. The molecule has 88 valence electrons. The van der Waals surface area contributed by atoms with Crippen LogP contribution in [0.1, 0.15) is 0 Å². The molecule has 1 fully saturated rings. The first-order valence-electron chi connectivity index (χ1n) is 4.75. The molecule has 0 aromatic carbocycles. The molecule has 1 amide bonds. The molecule has 7 heteroatoms. The Kier molecular flexibility index (Phi) is 4.88. The first kappa shape index (κ1) is 12.8. The summed E-state index contributed by atoms with van der Waals surface area (Å²) in [6, 6.07) is -0.177. The van der Waals surface area contributed by atoms with Crippen molar-refractivity contribution >= 4 is 27.5 Å². The summed E-state index contributed by atoms with van der Waals surface area (Å²) in [6.07, 6.45) is 1.16.